The fourth-order valence-corrected chi connectivity index (χ4v) is 7.30. The molecule has 4 heterocycles. The Morgan fingerprint density at radius 2 is 0.574 bits per heavy atom. The van der Waals surface area contributed by atoms with E-state index >= 15 is 0 Å². The van der Waals surface area contributed by atoms with Gasteiger partial charge in [0.15, 0.2) is 0 Å². The molecule has 4 nitrogen and oxygen atoms in total. The minimum absolute atomic E-state index is 0.100. The summed E-state index contributed by atoms with van der Waals surface area (Å²) in [7, 11) is 0. The minimum atomic E-state index is 0.100. The number of hydrogen-bond acceptors (Lipinski definition) is 4. The fourth-order valence-electron chi connectivity index (χ4n) is 7.30. The van der Waals surface area contributed by atoms with Crippen LogP contribution >= 0.6 is 0 Å². The largest absolute Gasteiger partial charge is 0.245 e. The van der Waals surface area contributed by atoms with E-state index in [1.54, 1.807) is 0 Å². The number of hydrogen-bond donors (Lipinski definition) is 0. The lowest BCUT2D eigenvalue weighted by Gasteiger charge is -2.19. The molecular weight excluding hydrogens is 657 g/mol. The lowest BCUT2D eigenvalue weighted by atomic mass is 9.86. The molecule has 4 heteroatoms. The molecule has 9 rings (SSSR count). The highest BCUT2D eigenvalue weighted by Gasteiger charge is 2.16. The zero-order valence-electron chi connectivity index (χ0n) is 31.6. The van der Waals surface area contributed by atoms with E-state index in [9.17, 15) is 0 Å². The van der Waals surface area contributed by atoms with Crippen LogP contribution in [-0.2, 0) is 10.8 Å². The topological polar surface area (TPSA) is 51.6 Å². The predicted molar refractivity (Wildman–Crippen MR) is 227 cm³/mol. The molecule has 262 valence electrons. The molecule has 0 atom stereocenters. The first-order valence-electron chi connectivity index (χ1n) is 18.7. The Bertz CT molecular complexity index is 2680. The van der Waals surface area contributed by atoms with Crippen molar-refractivity contribution in [2.24, 2.45) is 0 Å². The Morgan fingerprint density at radius 3 is 0.870 bits per heavy atom. The van der Waals surface area contributed by atoms with E-state index in [2.05, 4.69) is 187 Å². The highest BCUT2D eigenvalue weighted by Crippen LogP contribution is 2.33. The van der Waals surface area contributed by atoms with Crippen LogP contribution in [0.25, 0.3) is 88.6 Å². The molecule has 0 saturated carbocycles. The number of pyridine rings is 4. The van der Waals surface area contributed by atoms with Gasteiger partial charge in [0.05, 0.1) is 44.8 Å². The van der Waals surface area contributed by atoms with E-state index in [1.807, 2.05) is 0 Å². The number of aromatic nitrogens is 4. The molecule has 9 aromatic rings. The first-order chi connectivity index (χ1) is 26.0. The average Bonchev–Trinajstić information content (AvgIpc) is 3.19. The smallest absolute Gasteiger partial charge is 0.0972 e. The van der Waals surface area contributed by atoms with Gasteiger partial charge in [0.2, 0.25) is 0 Å². The molecule has 0 saturated heterocycles. The van der Waals surface area contributed by atoms with Crippen LogP contribution in [-0.4, -0.2) is 19.9 Å². The van der Waals surface area contributed by atoms with Crippen LogP contribution in [0.2, 0.25) is 0 Å². The van der Waals surface area contributed by atoms with Crippen LogP contribution < -0.4 is 0 Å². The zero-order valence-corrected chi connectivity index (χ0v) is 31.6. The third-order valence-electron chi connectivity index (χ3n) is 10.6. The maximum absolute atomic E-state index is 5.24. The van der Waals surface area contributed by atoms with Gasteiger partial charge in [-0.1, -0.05) is 157 Å². The highest BCUT2D eigenvalue weighted by molar-refractivity contribution is 6.05. The van der Waals surface area contributed by atoms with E-state index in [0.717, 1.165) is 88.6 Å². The van der Waals surface area contributed by atoms with Crippen molar-refractivity contribution in [3.8, 4) is 45.0 Å². The molecule has 0 fully saturated rings. The van der Waals surface area contributed by atoms with Crippen molar-refractivity contribution in [3.05, 3.63) is 157 Å². The summed E-state index contributed by atoms with van der Waals surface area (Å²) in [4.78, 5) is 20.8. The number of rotatable bonds is 4. The molecule has 4 aromatic heterocycles. The Labute approximate surface area is 316 Å². The van der Waals surface area contributed by atoms with Gasteiger partial charge < -0.3 is 0 Å². The summed E-state index contributed by atoms with van der Waals surface area (Å²) in [6.07, 6.45) is 0. The monoisotopic (exact) mass is 698 g/mol. The van der Waals surface area contributed by atoms with Gasteiger partial charge in [0, 0.05) is 43.8 Å². The van der Waals surface area contributed by atoms with Crippen molar-refractivity contribution in [3.63, 3.8) is 0 Å². The Hall–Kier alpha value is -6.26. The second-order valence-corrected chi connectivity index (χ2v) is 16.4. The molecule has 0 amide bonds. The van der Waals surface area contributed by atoms with Gasteiger partial charge in [-0.3, -0.25) is 0 Å². The average molecular weight is 699 g/mol. The predicted octanol–water partition coefficient (Wildman–Crippen LogP) is 13.1. The molecule has 0 aliphatic carbocycles. The standard InChI is InChI=1S/C50H42N4/c1-49(2,3)39-22-14-31(15-23-39)41-26-18-33-10-12-35-20-28-43(53-47(35)45(33)51-41)37-8-7-9-38(30-37)44-29-21-36-13-11-34-19-27-42(52-46(34)48(36)54-44)32-16-24-40(25-17-32)50(4,5)6/h7-30H,1-6H3. The normalized spacial score (nSPS) is 12.3. The molecule has 0 radical (unpaired) electrons. The second kappa shape index (κ2) is 12.7. The van der Waals surface area contributed by atoms with Crippen molar-refractivity contribution in [2.75, 3.05) is 0 Å². The van der Waals surface area contributed by atoms with Gasteiger partial charge in [0.1, 0.15) is 0 Å². The van der Waals surface area contributed by atoms with Crippen molar-refractivity contribution in [1.29, 1.82) is 0 Å². The van der Waals surface area contributed by atoms with Gasteiger partial charge in [-0.25, -0.2) is 19.9 Å². The van der Waals surface area contributed by atoms with E-state index in [1.165, 1.54) is 11.1 Å². The van der Waals surface area contributed by atoms with E-state index < -0.39 is 0 Å². The van der Waals surface area contributed by atoms with Crippen LogP contribution in [0.5, 0.6) is 0 Å². The number of benzene rings is 5. The fraction of sp³-hybridized carbons (Fsp3) is 0.160. The zero-order chi connectivity index (χ0) is 37.2. The molecule has 5 aromatic carbocycles. The Balaban J connectivity index is 1.09. The van der Waals surface area contributed by atoms with Gasteiger partial charge in [-0.05, 0) is 52.3 Å². The van der Waals surface area contributed by atoms with Crippen molar-refractivity contribution in [1.82, 2.24) is 19.9 Å². The van der Waals surface area contributed by atoms with Crippen LogP contribution in [0.3, 0.4) is 0 Å². The van der Waals surface area contributed by atoms with Crippen LogP contribution in [0, 0.1) is 0 Å². The molecule has 0 aliphatic heterocycles. The quantitative estimate of drug-likeness (QED) is 0.172. The van der Waals surface area contributed by atoms with E-state index in [0.29, 0.717) is 0 Å². The first-order valence-corrected chi connectivity index (χ1v) is 18.7. The summed E-state index contributed by atoms with van der Waals surface area (Å²) in [6.45, 7) is 13.4. The molecular formula is C50H42N4. The van der Waals surface area contributed by atoms with Crippen molar-refractivity contribution < 1.29 is 0 Å². The molecule has 54 heavy (non-hydrogen) atoms. The minimum Gasteiger partial charge on any atom is -0.245 e. The molecule has 0 N–H and O–H groups in total. The van der Waals surface area contributed by atoms with Crippen LogP contribution in [0.15, 0.2) is 146 Å². The summed E-state index contributed by atoms with van der Waals surface area (Å²) in [5.74, 6) is 0. The van der Waals surface area contributed by atoms with E-state index in [-0.39, 0.29) is 10.8 Å². The van der Waals surface area contributed by atoms with E-state index in [4.69, 9.17) is 19.9 Å². The van der Waals surface area contributed by atoms with Gasteiger partial charge in [-0.15, -0.1) is 0 Å². The summed E-state index contributed by atoms with van der Waals surface area (Å²) in [5.41, 5.74) is 14.4. The molecule has 0 unspecified atom stereocenters. The maximum atomic E-state index is 5.24. The SMILES string of the molecule is CC(C)(C)c1ccc(-c2ccc3ccc4ccc(-c5cccc(-c6ccc7ccc8ccc(-c9ccc(C(C)(C)C)cc9)nc8c7n6)c5)nc4c3n2)cc1. The van der Waals surface area contributed by atoms with Gasteiger partial charge >= 0.3 is 0 Å². The summed E-state index contributed by atoms with van der Waals surface area (Å²) >= 11 is 0. The van der Waals surface area contributed by atoms with Gasteiger partial charge in [0.25, 0.3) is 0 Å². The lowest BCUT2D eigenvalue weighted by molar-refractivity contribution is 0.590. The van der Waals surface area contributed by atoms with Gasteiger partial charge in [-0.2, -0.15) is 0 Å². The summed E-state index contributed by atoms with van der Waals surface area (Å²) < 4.78 is 0. The summed E-state index contributed by atoms with van der Waals surface area (Å²) in [5, 5.41) is 4.27. The lowest BCUT2D eigenvalue weighted by Crippen LogP contribution is -2.10. The second-order valence-electron chi connectivity index (χ2n) is 16.4. The van der Waals surface area contributed by atoms with Crippen molar-refractivity contribution >= 4 is 43.6 Å². The Morgan fingerprint density at radius 1 is 0.296 bits per heavy atom. The third-order valence-corrected chi connectivity index (χ3v) is 10.6. The molecule has 0 bridgehead atoms. The summed E-state index contributed by atoms with van der Waals surface area (Å²) in [6, 6.07) is 51.6. The molecule has 0 aliphatic rings. The first kappa shape index (κ1) is 33.6. The van der Waals surface area contributed by atoms with Crippen molar-refractivity contribution in [2.45, 2.75) is 52.4 Å². The Kier molecular flexibility index (Phi) is 7.90. The van der Waals surface area contributed by atoms with Crippen LogP contribution in [0.1, 0.15) is 52.7 Å². The van der Waals surface area contributed by atoms with Crippen LogP contribution in [0.4, 0.5) is 0 Å². The third kappa shape index (κ3) is 6.18. The molecule has 0 spiro atoms. The highest BCUT2D eigenvalue weighted by atomic mass is 14.8. The number of nitrogens with zero attached hydrogens (tertiary/aromatic N) is 4. The number of fused-ring (bicyclic) bond motifs is 6. The maximum Gasteiger partial charge on any atom is 0.0972 e.